The Hall–Kier alpha value is -2.14. The molecule has 1 aliphatic rings. The molecule has 1 aromatic carbocycles. The lowest BCUT2D eigenvalue weighted by atomic mass is 9.95. The Morgan fingerprint density at radius 2 is 2.00 bits per heavy atom. The number of nitrogens with zero attached hydrogens (tertiary/aromatic N) is 2. The van der Waals surface area contributed by atoms with E-state index in [9.17, 15) is 4.79 Å². The summed E-state index contributed by atoms with van der Waals surface area (Å²) in [4.78, 5) is 12.4. The van der Waals surface area contributed by atoms with Crippen molar-refractivity contribution in [2.24, 2.45) is 0 Å². The Bertz CT molecular complexity index is 689. The van der Waals surface area contributed by atoms with Gasteiger partial charge in [0, 0.05) is 24.4 Å². The topological polar surface area (TPSA) is 67.2 Å². The van der Waals surface area contributed by atoms with Gasteiger partial charge >= 0.3 is 0 Å². The summed E-state index contributed by atoms with van der Waals surface area (Å²) in [6, 6.07) is 8.22. The number of hydrogen-bond donors (Lipinski definition) is 2. The van der Waals surface area contributed by atoms with Gasteiger partial charge < -0.3 is 10.4 Å². The second-order valence-corrected chi connectivity index (χ2v) is 6.06. The number of aromatic nitrogens is 2. The van der Waals surface area contributed by atoms with E-state index < -0.39 is 0 Å². The van der Waals surface area contributed by atoms with E-state index in [1.54, 1.807) is 0 Å². The Morgan fingerprint density at radius 3 is 2.74 bits per heavy atom. The second kappa shape index (κ2) is 6.96. The molecule has 0 radical (unpaired) electrons. The summed E-state index contributed by atoms with van der Waals surface area (Å²) in [5.74, 6) is -0.137. The summed E-state index contributed by atoms with van der Waals surface area (Å²) < 4.78 is 1.93. The van der Waals surface area contributed by atoms with Crippen molar-refractivity contribution in [1.82, 2.24) is 15.1 Å². The molecule has 0 saturated heterocycles. The smallest absolute Gasteiger partial charge is 0.272 e. The summed E-state index contributed by atoms with van der Waals surface area (Å²) in [5.41, 5.74) is 4.99. The molecule has 1 aromatic heterocycles. The molecule has 1 amide bonds. The van der Waals surface area contributed by atoms with Crippen LogP contribution in [0.25, 0.3) is 5.69 Å². The van der Waals surface area contributed by atoms with E-state index in [1.165, 1.54) is 5.56 Å². The molecule has 0 saturated carbocycles. The molecular formula is C18H23N3O2. The van der Waals surface area contributed by atoms with Crippen LogP contribution in [-0.4, -0.2) is 33.9 Å². The van der Waals surface area contributed by atoms with Gasteiger partial charge in [-0.05, 0) is 51.2 Å². The Balaban J connectivity index is 1.94. The third-order valence-electron chi connectivity index (χ3n) is 4.29. The predicted octanol–water partition coefficient (Wildman–Crippen LogP) is 2.17. The quantitative estimate of drug-likeness (QED) is 0.831. The number of carbonyl (C=O) groups is 1. The number of hydrogen-bond acceptors (Lipinski definition) is 3. The number of aliphatic hydroxyl groups excluding tert-OH is 1. The maximum Gasteiger partial charge on any atom is 0.272 e. The standard InChI is InChI=1S/C18H23N3O2/c1-13-7-9-14(10-8-13)21-16-6-3-2-5-15(16)17(20-21)18(23)19-11-4-12-22/h7-10,22H,2-6,11-12H2,1H3,(H,19,23). The minimum Gasteiger partial charge on any atom is -0.396 e. The van der Waals surface area contributed by atoms with Gasteiger partial charge in [0.2, 0.25) is 0 Å². The maximum atomic E-state index is 12.4. The molecule has 5 nitrogen and oxygen atoms in total. The third-order valence-corrected chi connectivity index (χ3v) is 4.29. The molecule has 0 fully saturated rings. The van der Waals surface area contributed by atoms with Crippen LogP contribution in [0.3, 0.4) is 0 Å². The van der Waals surface area contributed by atoms with Crippen molar-refractivity contribution in [3.63, 3.8) is 0 Å². The van der Waals surface area contributed by atoms with Crippen LogP contribution in [0.5, 0.6) is 0 Å². The number of benzene rings is 1. The average molecular weight is 313 g/mol. The Kier molecular flexibility index (Phi) is 4.76. The van der Waals surface area contributed by atoms with Crippen LogP contribution in [0.2, 0.25) is 0 Å². The van der Waals surface area contributed by atoms with Crippen molar-refractivity contribution in [3.8, 4) is 5.69 Å². The molecule has 0 spiro atoms. The fourth-order valence-electron chi connectivity index (χ4n) is 3.05. The molecule has 0 aliphatic heterocycles. The largest absolute Gasteiger partial charge is 0.396 e. The highest BCUT2D eigenvalue weighted by Crippen LogP contribution is 2.27. The molecule has 1 aliphatic carbocycles. The van der Waals surface area contributed by atoms with Crippen LogP contribution in [0, 0.1) is 6.92 Å². The van der Waals surface area contributed by atoms with Gasteiger partial charge in [0.05, 0.1) is 5.69 Å². The summed E-state index contributed by atoms with van der Waals surface area (Å²) in [6.45, 7) is 2.61. The molecule has 5 heteroatoms. The van der Waals surface area contributed by atoms with Gasteiger partial charge in [-0.15, -0.1) is 0 Å². The van der Waals surface area contributed by atoms with Crippen molar-refractivity contribution < 1.29 is 9.90 Å². The zero-order chi connectivity index (χ0) is 16.2. The van der Waals surface area contributed by atoms with E-state index in [2.05, 4.69) is 29.5 Å². The van der Waals surface area contributed by atoms with Crippen LogP contribution in [0.1, 0.15) is 46.6 Å². The first-order chi connectivity index (χ1) is 11.2. The monoisotopic (exact) mass is 313 g/mol. The van der Waals surface area contributed by atoms with Crippen molar-refractivity contribution in [1.29, 1.82) is 0 Å². The van der Waals surface area contributed by atoms with Gasteiger partial charge in [-0.3, -0.25) is 4.79 Å². The zero-order valence-corrected chi connectivity index (χ0v) is 13.5. The second-order valence-electron chi connectivity index (χ2n) is 6.06. The molecule has 0 unspecified atom stereocenters. The van der Waals surface area contributed by atoms with Gasteiger partial charge in [-0.25, -0.2) is 4.68 Å². The van der Waals surface area contributed by atoms with Gasteiger partial charge in [-0.2, -0.15) is 5.10 Å². The Morgan fingerprint density at radius 1 is 1.26 bits per heavy atom. The average Bonchev–Trinajstić information content (AvgIpc) is 2.95. The van der Waals surface area contributed by atoms with Gasteiger partial charge in [-0.1, -0.05) is 17.7 Å². The minimum atomic E-state index is -0.137. The molecule has 2 aromatic rings. The predicted molar refractivity (Wildman–Crippen MR) is 89.0 cm³/mol. The summed E-state index contributed by atoms with van der Waals surface area (Å²) in [7, 11) is 0. The van der Waals surface area contributed by atoms with Crippen molar-refractivity contribution in [2.45, 2.75) is 39.0 Å². The van der Waals surface area contributed by atoms with Crippen molar-refractivity contribution in [2.75, 3.05) is 13.2 Å². The molecule has 2 N–H and O–H groups in total. The van der Waals surface area contributed by atoms with E-state index in [-0.39, 0.29) is 12.5 Å². The van der Waals surface area contributed by atoms with Crippen LogP contribution < -0.4 is 5.32 Å². The number of nitrogens with one attached hydrogen (secondary N) is 1. The summed E-state index contributed by atoms with van der Waals surface area (Å²) in [5, 5.41) is 16.3. The summed E-state index contributed by atoms with van der Waals surface area (Å²) >= 11 is 0. The van der Waals surface area contributed by atoms with E-state index in [1.807, 2.05) is 16.8 Å². The van der Waals surface area contributed by atoms with Gasteiger partial charge in [0.15, 0.2) is 5.69 Å². The lowest BCUT2D eigenvalue weighted by Gasteiger charge is -2.14. The highest BCUT2D eigenvalue weighted by atomic mass is 16.3. The number of aryl methyl sites for hydroxylation is 1. The highest BCUT2D eigenvalue weighted by molar-refractivity contribution is 5.94. The Labute approximate surface area is 136 Å². The van der Waals surface area contributed by atoms with Crippen molar-refractivity contribution >= 4 is 5.91 Å². The highest BCUT2D eigenvalue weighted by Gasteiger charge is 2.25. The zero-order valence-electron chi connectivity index (χ0n) is 13.5. The van der Waals surface area contributed by atoms with Crippen LogP contribution in [0.4, 0.5) is 0 Å². The van der Waals surface area contributed by atoms with Crippen molar-refractivity contribution in [3.05, 3.63) is 46.8 Å². The lowest BCUT2D eigenvalue weighted by Crippen LogP contribution is -2.26. The number of aliphatic hydroxyl groups is 1. The maximum absolute atomic E-state index is 12.4. The van der Waals surface area contributed by atoms with E-state index in [0.717, 1.165) is 42.6 Å². The molecule has 122 valence electrons. The van der Waals surface area contributed by atoms with E-state index in [0.29, 0.717) is 18.7 Å². The molecule has 23 heavy (non-hydrogen) atoms. The lowest BCUT2D eigenvalue weighted by molar-refractivity contribution is 0.0944. The van der Waals surface area contributed by atoms with E-state index in [4.69, 9.17) is 5.11 Å². The normalized spacial score (nSPS) is 13.7. The number of carbonyl (C=O) groups excluding carboxylic acids is 1. The van der Waals surface area contributed by atoms with Crippen LogP contribution >= 0.6 is 0 Å². The van der Waals surface area contributed by atoms with E-state index >= 15 is 0 Å². The molecule has 0 bridgehead atoms. The third kappa shape index (κ3) is 3.29. The van der Waals surface area contributed by atoms with Gasteiger partial charge in [0.1, 0.15) is 0 Å². The fraction of sp³-hybridized carbons (Fsp3) is 0.444. The van der Waals surface area contributed by atoms with Crippen LogP contribution in [0.15, 0.2) is 24.3 Å². The molecule has 1 heterocycles. The first-order valence-electron chi connectivity index (χ1n) is 8.27. The summed E-state index contributed by atoms with van der Waals surface area (Å²) in [6.07, 6.45) is 4.66. The number of fused-ring (bicyclic) bond motifs is 1. The van der Waals surface area contributed by atoms with Crippen LogP contribution in [-0.2, 0) is 12.8 Å². The fourth-order valence-corrected chi connectivity index (χ4v) is 3.05. The SMILES string of the molecule is Cc1ccc(-n2nc(C(=O)NCCCO)c3c2CCCC3)cc1. The first-order valence-corrected chi connectivity index (χ1v) is 8.27. The number of rotatable bonds is 5. The number of amides is 1. The molecule has 3 rings (SSSR count). The first kappa shape index (κ1) is 15.7. The minimum absolute atomic E-state index is 0.0796. The molecule has 0 atom stereocenters. The molecular weight excluding hydrogens is 290 g/mol. The van der Waals surface area contributed by atoms with Gasteiger partial charge in [0.25, 0.3) is 5.91 Å².